The molecule has 2 nitrogen and oxygen atoms in total. The summed E-state index contributed by atoms with van der Waals surface area (Å²) in [5, 5.41) is 1.29. The van der Waals surface area contributed by atoms with E-state index >= 15 is 0 Å². The Bertz CT molecular complexity index is 558. The van der Waals surface area contributed by atoms with Gasteiger partial charge in [0.05, 0.1) is 0 Å². The number of nitrogens with two attached hydrogens (primary N) is 1. The Kier molecular flexibility index (Phi) is 3.24. The van der Waals surface area contributed by atoms with E-state index in [0.717, 1.165) is 6.42 Å². The van der Waals surface area contributed by atoms with E-state index in [-0.39, 0.29) is 11.5 Å². The molecule has 0 aliphatic carbocycles. The van der Waals surface area contributed by atoms with Crippen LogP contribution in [-0.2, 0) is 5.41 Å². The summed E-state index contributed by atoms with van der Waals surface area (Å²) < 4.78 is 0. The second-order valence-electron chi connectivity index (χ2n) is 6.19. The summed E-state index contributed by atoms with van der Waals surface area (Å²) in [6.07, 6.45) is 0.966. The normalized spacial score (nSPS) is 14.1. The molecule has 0 bridgehead atoms. The molecular weight excluding hydrogens is 220 g/mol. The lowest BCUT2D eigenvalue weighted by atomic mass is 9.86. The predicted molar refractivity (Wildman–Crippen MR) is 79.0 cm³/mol. The largest absolute Gasteiger partial charge is 0.358 e. The number of rotatable bonds is 2. The first-order valence-electron chi connectivity index (χ1n) is 6.73. The lowest BCUT2D eigenvalue weighted by Gasteiger charge is -2.19. The van der Waals surface area contributed by atoms with E-state index in [1.807, 2.05) is 0 Å². The minimum atomic E-state index is 0.119. The third kappa shape index (κ3) is 2.17. The van der Waals surface area contributed by atoms with Crippen LogP contribution >= 0.6 is 0 Å². The smallest absolute Gasteiger partial charge is 0.0459 e. The number of fused-ring (bicyclic) bond motifs is 1. The number of hydrogen-bond donors (Lipinski definition) is 2. The second-order valence-corrected chi connectivity index (χ2v) is 6.19. The van der Waals surface area contributed by atoms with E-state index < -0.39 is 0 Å². The Balaban J connectivity index is 2.67. The number of benzene rings is 1. The van der Waals surface area contributed by atoms with Crippen molar-refractivity contribution in [1.29, 1.82) is 0 Å². The molecule has 0 radical (unpaired) electrons. The van der Waals surface area contributed by atoms with E-state index in [0.29, 0.717) is 0 Å². The minimum Gasteiger partial charge on any atom is -0.358 e. The summed E-state index contributed by atoms with van der Waals surface area (Å²) >= 11 is 0. The van der Waals surface area contributed by atoms with Crippen LogP contribution in [-0.4, -0.2) is 4.98 Å². The molecule has 2 heteroatoms. The van der Waals surface area contributed by atoms with Crippen molar-refractivity contribution in [2.24, 2.45) is 5.73 Å². The van der Waals surface area contributed by atoms with E-state index in [2.05, 4.69) is 57.8 Å². The number of aromatic nitrogens is 1. The molecule has 1 heterocycles. The Morgan fingerprint density at radius 1 is 1.28 bits per heavy atom. The van der Waals surface area contributed by atoms with E-state index in [4.69, 9.17) is 5.73 Å². The molecule has 0 amide bonds. The van der Waals surface area contributed by atoms with E-state index in [1.54, 1.807) is 0 Å². The molecule has 2 aromatic rings. The Morgan fingerprint density at radius 2 is 1.94 bits per heavy atom. The van der Waals surface area contributed by atoms with Crippen LogP contribution in [0.1, 0.15) is 57.0 Å². The average molecular weight is 244 g/mol. The van der Waals surface area contributed by atoms with Gasteiger partial charge < -0.3 is 10.7 Å². The molecule has 0 fully saturated rings. The van der Waals surface area contributed by atoms with Gasteiger partial charge in [0, 0.05) is 22.6 Å². The fourth-order valence-electron chi connectivity index (χ4n) is 2.50. The van der Waals surface area contributed by atoms with Gasteiger partial charge in [0.25, 0.3) is 0 Å². The topological polar surface area (TPSA) is 41.8 Å². The molecule has 0 spiro atoms. The average Bonchev–Trinajstić information content (AvgIpc) is 2.61. The molecule has 3 N–H and O–H groups in total. The minimum absolute atomic E-state index is 0.119. The van der Waals surface area contributed by atoms with Crippen LogP contribution in [0.25, 0.3) is 10.9 Å². The third-order valence-electron chi connectivity index (χ3n) is 3.71. The first-order valence-corrected chi connectivity index (χ1v) is 6.73. The molecule has 18 heavy (non-hydrogen) atoms. The molecule has 1 unspecified atom stereocenters. The van der Waals surface area contributed by atoms with Crippen LogP contribution < -0.4 is 5.73 Å². The molecular formula is C16H24N2. The number of hydrogen-bond acceptors (Lipinski definition) is 1. The van der Waals surface area contributed by atoms with Crippen LogP contribution in [0.15, 0.2) is 18.2 Å². The predicted octanol–water partition coefficient (Wildman–Crippen LogP) is 4.18. The summed E-state index contributed by atoms with van der Waals surface area (Å²) in [5.41, 5.74) is 11.4. The van der Waals surface area contributed by atoms with Gasteiger partial charge in [0.2, 0.25) is 0 Å². The highest BCUT2D eigenvalue weighted by atomic mass is 14.7. The van der Waals surface area contributed by atoms with Gasteiger partial charge in [-0.3, -0.25) is 0 Å². The maximum Gasteiger partial charge on any atom is 0.0459 e. The summed E-state index contributed by atoms with van der Waals surface area (Å²) in [6, 6.07) is 6.80. The highest BCUT2D eigenvalue weighted by molar-refractivity contribution is 5.86. The SMILES string of the molecule is CCC(N)c1c(C)[nH]c2ccc(C(C)(C)C)cc12. The molecule has 1 aromatic carbocycles. The highest BCUT2D eigenvalue weighted by Gasteiger charge is 2.18. The van der Waals surface area contributed by atoms with Crippen LogP contribution in [0.5, 0.6) is 0 Å². The van der Waals surface area contributed by atoms with Crippen molar-refractivity contribution in [2.75, 3.05) is 0 Å². The van der Waals surface area contributed by atoms with Gasteiger partial charge in [0.1, 0.15) is 0 Å². The number of aromatic amines is 1. The number of H-pyrrole nitrogens is 1. The maximum atomic E-state index is 6.24. The third-order valence-corrected chi connectivity index (χ3v) is 3.71. The van der Waals surface area contributed by atoms with Crippen LogP contribution in [0, 0.1) is 6.92 Å². The molecule has 1 aromatic heterocycles. The van der Waals surface area contributed by atoms with Crippen molar-refractivity contribution < 1.29 is 0 Å². The Labute approximate surface area is 110 Å². The first-order chi connectivity index (χ1) is 8.34. The second kappa shape index (κ2) is 4.43. The molecule has 0 saturated carbocycles. The standard InChI is InChI=1S/C16H24N2/c1-6-13(17)15-10(2)18-14-8-7-11(9-12(14)15)16(3,4)5/h7-9,13,18H,6,17H2,1-5H3. The number of nitrogens with one attached hydrogen (secondary N) is 1. The lowest BCUT2D eigenvalue weighted by Crippen LogP contribution is -2.12. The van der Waals surface area contributed by atoms with Crippen molar-refractivity contribution in [1.82, 2.24) is 4.98 Å². The lowest BCUT2D eigenvalue weighted by molar-refractivity contribution is 0.591. The van der Waals surface area contributed by atoms with Gasteiger partial charge in [-0.05, 0) is 42.0 Å². The Morgan fingerprint density at radius 3 is 2.50 bits per heavy atom. The fourth-order valence-corrected chi connectivity index (χ4v) is 2.50. The zero-order valence-electron chi connectivity index (χ0n) is 12.1. The zero-order chi connectivity index (χ0) is 13.5. The summed E-state index contributed by atoms with van der Waals surface area (Å²) in [5.74, 6) is 0. The van der Waals surface area contributed by atoms with Gasteiger partial charge >= 0.3 is 0 Å². The summed E-state index contributed by atoms with van der Waals surface area (Å²) in [4.78, 5) is 3.44. The molecule has 98 valence electrons. The van der Waals surface area contributed by atoms with Crippen molar-refractivity contribution in [3.05, 3.63) is 35.0 Å². The van der Waals surface area contributed by atoms with Gasteiger partial charge in [-0.15, -0.1) is 0 Å². The van der Waals surface area contributed by atoms with Gasteiger partial charge in [-0.1, -0.05) is 33.8 Å². The van der Waals surface area contributed by atoms with Crippen molar-refractivity contribution in [3.8, 4) is 0 Å². The van der Waals surface area contributed by atoms with E-state index in [1.165, 1.54) is 27.7 Å². The van der Waals surface area contributed by atoms with Gasteiger partial charge in [-0.2, -0.15) is 0 Å². The Hall–Kier alpha value is -1.28. The van der Waals surface area contributed by atoms with Crippen LogP contribution in [0.2, 0.25) is 0 Å². The fraction of sp³-hybridized carbons (Fsp3) is 0.500. The maximum absolute atomic E-state index is 6.24. The highest BCUT2D eigenvalue weighted by Crippen LogP contribution is 2.32. The van der Waals surface area contributed by atoms with Crippen LogP contribution in [0.3, 0.4) is 0 Å². The van der Waals surface area contributed by atoms with E-state index in [9.17, 15) is 0 Å². The molecule has 1 atom stereocenters. The number of aryl methyl sites for hydroxylation is 1. The first kappa shape index (κ1) is 13.2. The molecule has 2 rings (SSSR count). The quantitative estimate of drug-likeness (QED) is 0.817. The summed E-state index contributed by atoms with van der Waals surface area (Å²) in [7, 11) is 0. The monoisotopic (exact) mass is 244 g/mol. The molecule has 0 aliphatic heterocycles. The van der Waals surface area contributed by atoms with Crippen molar-refractivity contribution >= 4 is 10.9 Å². The molecule has 0 saturated heterocycles. The summed E-state index contributed by atoms with van der Waals surface area (Å²) in [6.45, 7) is 11.0. The van der Waals surface area contributed by atoms with Crippen LogP contribution in [0.4, 0.5) is 0 Å². The van der Waals surface area contributed by atoms with Gasteiger partial charge in [0.15, 0.2) is 0 Å². The molecule has 0 aliphatic rings. The van der Waals surface area contributed by atoms with Crippen molar-refractivity contribution in [2.45, 2.75) is 52.5 Å². The zero-order valence-corrected chi connectivity index (χ0v) is 12.1. The van der Waals surface area contributed by atoms with Crippen molar-refractivity contribution in [3.63, 3.8) is 0 Å². The van der Waals surface area contributed by atoms with Gasteiger partial charge in [-0.25, -0.2) is 0 Å².